The summed E-state index contributed by atoms with van der Waals surface area (Å²) in [5.74, 6) is 0.0439. The molecule has 3 heteroatoms. The fourth-order valence-electron chi connectivity index (χ4n) is 1.59. The van der Waals surface area contributed by atoms with E-state index in [0.29, 0.717) is 13.2 Å². The van der Waals surface area contributed by atoms with Crippen molar-refractivity contribution >= 4 is 11.6 Å². The maximum Gasteiger partial charge on any atom is 0.255 e. The summed E-state index contributed by atoms with van der Waals surface area (Å²) in [6.07, 6.45) is -0.316. The van der Waals surface area contributed by atoms with Gasteiger partial charge in [0.15, 0.2) is 0 Å². The molecule has 0 aliphatic carbocycles. The molecule has 1 saturated heterocycles. The van der Waals surface area contributed by atoms with Crippen LogP contribution in [0.3, 0.4) is 0 Å². The lowest BCUT2D eigenvalue weighted by atomic mass is 10.2. The molecule has 1 aromatic carbocycles. The second-order valence-corrected chi connectivity index (χ2v) is 3.34. The van der Waals surface area contributed by atoms with Crippen molar-refractivity contribution in [3.8, 4) is 0 Å². The first-order valence-electron chi connectivity index (χ1n) is 4.77. The summed E-state index contributed by atoms with van der Waals surface area (Å²) < 4.78 is 5.25. The van der Waals surface area contributed by atoms with Gasteiger partial charge in [0.1, 0.15) is 6.10 Å². The topological polar surface area (TPSA) is 29.5 Å². The SMILES string of the molecule is C[C@@H]1OCCN(c2ccccc2)C1=O. The average molecular weight is 191 g/mol. The number of rotatable bonds is 1. The van der Waals surface area contributed by atoms with Gasteiger partial charge in [-0.15, -0.1) is 0 Å². The predicted octanol–water partition coefficient (Wildman–Crippen LogP) is 1.44. The van der Waals surface area contributed by atoms with E-state index in [4.69, 9.17) is 4.74 Å². The van der Waals surface area contributed by atoms with Crippen LogP contribution in [-0.2, 0) is 9.53 Å². The zero-order valence-electron chi connectivity index (χ0n) is 8.14. The Morgan fingerprint density at radius 2 is 2.07 bits per heavy atom. The van der Waals surface area contributed by atoms with Crippen LogP contribution < -0.4 is 4.90 Å². The lowest BCUT2D eigenvalue weighted by Gasteiger charge is -2.30. The number of amides is 1. The minimum atomic E-state index is -0.316. The van der Waals surface area contributed by atoms with E-state index >= 15 is 0 Å². The Morgan fingerprint density at radius 1 is 1.36 bits per heavy atom. The average Bonchev–Trinajstić information content (AvgIpc) is 2.23. The van der Waals surface area contributed by atoms with E-state index in [9.17, 15) is 4.79 Å². The highest BCUT2D eigenvalue weighted by Gasteiger charge is 2.26. The lowest BCUT2D eigenvalue weighted by Crippen LogP contribution is -2.46. The van der Waals surface area contributed by atoms with E-state index in [1.54, 1.807) is 11.8 Å². The summed E-state index contributed by atoms with van der Waals surface area (Å²) in [6, 6.07) is 9.69. The van der Waals surface area contributed by atoms with E-state index in [1.807, 2.05) is 30.3 Å². The Balaban J connectivity index is 2.22. The molecular formula is C11H13NO2. The van der Waals surface area contributed by atoms with Crippen LogP contribution in [0.4, 0.5) is 5.69 Å². The Morgan fingerprint density at radius 3 is 2.79 bits per heavy atom. The zero-order chi connectivity index (χ0) is 9.97. The molecule has 1 amide bonds. The first-order chi connectivity index (χ1) is 6.79. The van der Waals surface area contributed by atoms with E-state index in [2.05, 4.69) is 0 Å². The highest BCUT2D eigenvalue weighted by Crippen LogP contribution is 2.17. The van der Waals surface area contributed by atoms with Crippen molar-refractivity contribution in [3.05, 3.63) is 30.3 Å². The third kappa shape index (κ3) is 1.63. The van der Waals surface area contributed by atoms with Crippen molar-refractivity contribution in [3.63, 3.8) is 0 Å². The highest BCUT2D eigenvalue weighted by atomic mass is 16.5. The molecule has 1 heterocycles. The Kier molecular flexibility index (Phi) is 2.50. The summed E-state index contributed by atoms with van der Waals surface area (Å²) in [5, 5.41) is 0. The Hall–Kier alpha value is -1.35. The minimum Gasteiger partial charge on any atom is -0.367 e. The van der Waals surface area contributed by atoms with E-state index in [0.717, 1.165) is 5.69 Å². The predicted molar refractivity (Wildman–Crippen MR) is 54.2 cm³/mol. The van der Waals surface area contributed by atoms with Gasteiger partial charge in [0, 0.05) is 12.2 Å². The Labute approximate surface area is 83.3 Å². The van der Waals surface area contributed by atoms with Gasteiger partial charge in [0.25, 0.3) is 5.91 Å². The number of nitrogens with zero attached hydrogens (tertiary/aromatic N) is 1. The first kappa shape index (κ1) is 9.21. The first-order valence-corrected chi connectivity index (χ1v) is 4.77. The second kappa shape index (κ2) is 3.80. The fraction of sp³-hybridized carbons (Fsp3) is 0.364. The summed E-state index contributed by atoms with van der Waals surface area (Å²) in [7, 11) is 0. The molecule has 3 nitrogen and oxygen atoms in total. The van der Waals surface area contributed by atoms with Crippen LogP contribution in [0.25, 0.3) is 0 Å². The van der Waals surface area contributed by atoms with Gasteiger partial charge in [0.05, 0.1) is 6.61 Å². The van der Waals surface area contributed by atoms with Crippen molar-refractivity contribution in [2.45, 2.75) is 13.0 Å². The van der Waals surface area contributed by atoms with Gasteiger partial charge in [-0.1, -0.05) is 18.2 Å². The van der Waals surface area contributed by atoms with Crippen molar-refractivity contribution < 1.29 is 9.53 Å². The van der Waals surface area contributed by atoms with Crippen LogP contribution in [0.1, 0.15) is 6.92 Å². The van der Waals surface area contributed by atoms with Crippen LogP contribution in [0.2, 0.25) is 0 Å². The number of hydrogen-bond acceptors (Lipinski definition) is 2. The molecule has 0 bridgehead atoms. The summed E-state index contributed by atoms with van der Waals surface area (Å²) in [5.41, 5.74) is 0.952. The van der Waals surface area contributed by atoms with E-state index < -0.39 is 0 Å². The number of benzene rings is 1. The standard InChI is InChI=1S/C11H13NO2/c1-9-11(13)12(7-8-14-9)10-5-3-2-4-6-10/h2-6,9H,7-8H2,1H3/t9-/m0/s1. The smallest absolute Gasteiger partial charge is 0.255 e. The van der Waals surface area contributed by atoms with E-state index in [-0.39, 0.29) is 12.0 Å². The van der Waals surface area contributed by atoms with Crippen molar-refractivity contribution in [2.24, 2.45) is 0 Å². The van der Waals surface area contributed by atoms with Gasteiger partial charge in [-0.05, 0) is 19.1 Å². The normalized spacial score (nSPS) is 22.5. The largest absolute Gasteiger partial charge is 0.367 e. The molecular weight excluding hydrogens is 178 g/mol. The molecule has 2 rings (SSSR count). The molecule has 1 aliphatic heterocycles. The molecule has 0 saturated carbocycles. The molecule has 1 atom stereocenters. The molecule has 1 fully saturated rings. The van der Waals surface area contributed by atoms with Crippen molar-refractivity contribution in [1.29, 1.82) is 0 Å². The quantitative estimate of drug-likeness (QED) is 0.672. The summed E-state index contributed by atoms with van der Waals surface area (Å²) in [4.78, 5) is 13.5. The second-order valence-electron chi connectivity index (χ2n) is 3.34. The molecule has 0 radical (unpaired) electrons. The fourth-order valence-corrected chi connectivity index (χ4v) is 1.59. The molecule has 14 heavy (non-hydrogen) atoms. The molecule has 0 N–H and O–H groups in total. The van der Waals surface area contributed by atoms with Crippen LogP contribution in [0, 0.1) is 0 Å². The maximum atomic E-state index is 11.7. The number of carbonyl (C=O) groups is 1. The van der Waals surface area contributed by atoms with Crippen LogP contribution in [0.5, 0.6) is 0 Å². The molecule has 0 aromatic heterocycles. The molecule has 74 valence electrons. The summed E-state index contributed by atoms with van der Waals surface area (Å²) in [6.45, 7) is 3.05. The summed E-state index contributed by atoms with van der Waals surface area (Å²) >= 11 is 0. The van der Waals surface area contributed by atoms with Gasteiger partial charge < -0.3 is 9.64 Å². The molecule has 1 aliphatic rings. The minimum absolute atomic E-state index is 0.0439. The molecule has 1 aromatic rings. The van der Waals surface area contributed by atoms with Gasteiger partial charge >= 0.3 is 0 Å². The zero-order valence-corrected chi connectivity index (χ0v) is 8.14. The van der Waals surface area contributed by atoms with Crippen LogP contribution in [-0.4, -0.2) is 25.2 Å². The number of anilines is 1. The van der Waals surface area contributed by atoms with Gasteiger partial charge in [-0.3, -0.25) is 4.79 Å². The molecule has 0 unspecified atom stereocenters. The lowest BCUT2D eigenvalue weighted by molar-refractivity contribution is -0.132. The maximum absolute atomic E-state index is 11.7. The van der Waals surface area contributed by atoms with E-state index in [1.165, 1.54) is 0 Å². The van der Waals surface area contributed by atoms with Crippen molar-refractivity contribution in [2.75, 3.05) is 18.1 Å². The monoisotopic (exact) mass is 191 g/mol. The highest BCUT2D eigenvalue weighted by molar-refractivity contribution is 5.96. The third-order valence-electron chi connectivity index (χ3n) is 2.36. The molecule has 0 spiro atoms. The number of morpholine rings is 1. The van der Waals surface area contributed by atoms with Crippen LogP contribution >= 0.6 is 0 Å². The number of hydrogen-bond donors (Lipinski definition) is 0. The van der Waals surface area contributed by atoms with Gasteiger partial charge in [0.2, 0.25) is 0 Å². The van der Waals surface area contributed by atoms with Crippen molar-refractivity contribution in [1.82, 2.24) is 0 Å². The number of carbonyl (C=O) groups excluding carboxylic acids is 1. The third-order valence-corrected chi connectivity index (χ3v) is 2.36. The Bertz CT molecular complexity index is 323. The van der Waals surface area contributed by atoms with Gasteiger partial charge in [-0.25, -0.2) is 0 Å². The van der Waals surface area contributed by atoms with Gasteiger partial charge in [-0.2, -0.15) is 0 Å². The number of para-hydroxylation sites is 1. The number of ether oxygens (including phenoxy) is 1. The van der Waals surface area contributed by atoms with Crippen LogP contribution in [0.15, 0.2) is 30.3 Å².